The highest BCUT2D eigenvalue weighted by Crippen LogP contribution is 2.24. The Labute approximate surface area is 170 Å². The standard InChI is InChI=1S/C23H24N6/c1-15-3-8-22-26-16(2)21(29(22)12-15)14-28-10-9-20-18(13-28)11-25-23(27-20)17-4-6-19(24)7-5-17/h3-8,11-12H,9-10,13-14,24H2,1-2H3. The third kappa shape index (κ3) is 3.36. The lowest BCUT2D eigenvalue weighted by Crippen LogP contribution is -2.31. The number of nitrogens with zero attached hydrogens (tertiary/aromatic N) is 5. The quantitative estimate of drug-likeness (QED) is 0.547. The van der Waals surface area contributed by atoms with Crippen molar-refractivity contribution in [2.75, 3.05) is 12.3 Å². The average molecular weight is 384 g/mol. The lowest BCUT2D eigenvalue weighted by molar-refractivity contribution is 0.239. The van der Waals surface area contributed by atoms with Crippen molar-refractivity contribution in [1.82, 2.24) is 24.3 Å². The van der Waals surface area contributed by atoms with Crippen LogP contribution in [0.15, 0.2) is 48.8 Å². The number of anilines is 1. The first kappa shape index (κ1) is 17.8. The van der Waals surface area contributed by atoms with Crippen LogP contribution in [0.1, 0.15) is 28.2 Å². The first-order chi connectivity index (χ1) is 14.1. The Hall–Kier alpha value is -3.25. The largest absolute Gasteiger partial charge is 0.399 e. The zero-order valence-electron chi connectivity index (χ0n) is 16.8. The summed E-state index contributed by atoms with van der Waals surface area (Å²) in [7, 11) is 0. The Bertz CT molecular complexity index is 1190. The van der Waals surface area contributed by atoms with Gasteiger partial charge in [0.15, 0.2) is 5.82 Å². The summed E-state index contributed by atoms with van der Waals surface area (Å²) < 4.78 is 2.22. The van der Waals surface area contributed by atoms with Gasteiger partial charge in [-0.05, 0) is 49.7 Å². The van der Waals surface area contributed by atoms with Crippen molar-refractivity contribution in [1.29, 1.82) is 0 Å². The molecule has 5 rings (SSSR count). The molecule has 1 aliphatic rings. The Balaban J connectivity index is 1.38. The van der Waals surface area contributed by atoms with E-state index in [1.54, 1.807) is 0 Å². The number of hydrogen-bond acceptors (Lipinski definition) is 5. The highest BCUT2D eigenvalue weighted by atomic mass is 15.2. The molecule has 0 saturated heterocycles. The molecule has 0 bridgehead atoms. The molecule has 0 unspecified atom stereocenters. The summed E-state index contributed by atoms with van der Waals surface area (Å²) in [6.45, 7) is 6.92. The van der Waals surface area contributed by atoms with Crippen LogP contribution in [0.25, 0.3) is 17.0 Å². The van der Waals surface area contributed by atoms with Gasteiger partial charge >= 0.3 is 0 Å². The van der Waals surface area contributed by atoms with Gasteiger partial charge in [0.1, 0.15) is 5.65 Å². The van der Waals surface area contributed by atoms with Crippen LogP contribution in [-0.4, -0.2) is 30.8 Å². The monoisotopic (exact) mass is 384 g/mol. The molecule has 1 aromatic carbocycles. The molecule has 6 heteroatoms. The van der Waals surface area contributed by atoms with E-state index in [0.29, 0.717) is 0 Å². The van der Waals surface area contributed by atoms with Crippen molar-refractivity contribution < 1.29 is 0 Å². The van der Waals surface area contributed by atoms with Gasteiger partial charge in [-0.2, -0.15) is 0 Å². The summed E-state index contributed by atoms with van der Waals surface area (Å²) in [5, 5.41) is 0. The highest BCUT2D eigenvalue weighted by molar-refractivity contribution is 5.58. The normalized spacial score (nSPS) is 14.3. The summed E-state index contributed by atoms with van der Waals surface area (Å²) in [6.07, 6.45) is 5.07. The molecule has 0 amide bonds. The maximum atomic E-state index is 5.79. The Morgan fingerprint density at radius 3 is 2.69 bits per heavy atom. The lowest BCUT2D eigenvalue weighted by atomic mass is 10.1. The maximum Gasteiger partial charge on any atom is 0.159 e. The van der Waals surface area contributed by atoms with Crippen molar-refractivity contribution in [2.45, 2.75) is 33.4 Å². The van der Waals surface area contributed by atoms with Gasteiger partial charge in [0.2, 0.25) is 0 Å². The third-order valence-corrected chi connectivity index (χ3v) is 5.62. The van der Waals surface area contributed by atoms with E-state index < -0.39 is 0 Å². The van der Waals surface area contributed by atoms with Crippen molar-refractivity contribution in [3.8, 4) is 11.4 Å². The summed E-state index contributed by atoms with van der Waals surface area (Å²) in [5.41, 5.74) is 14.5. The van der Waals surface area contributed by atoms with Crippen LogP contribution < -0.4 is 5.73 Å². The van der Waals surface area contributed by atoms with Gasteiger partial charge in [-0.15, -0.1) is 0 Å². The molecular formula is C23H24N6. The van der Waals surface area contributed by atoms with E-state index in [9.17, 15) is 0 Å². The molecule has 0 atom stereocenters. The smallest absolute Gasteiger partial charge is 0.159 e. The van der Waals surface area contributed by atoms with Crippen LogP contribution in [0.3, 0.4) is 0 Å². The second-order valence-electron chi connectivity index (χ2n) is 7.83. The minimum Gasteiger partial charge on any atom is -0.399 e. The number of aromatic nitrogens is 4. The lowest BCUT2D eigenvalue weighted by Gasteiger charge is -2.28. The molecule has 0 fully saturated rings. The highest BCUT2D eigenvalue weighted by Gasteiger charge is 2.21. The van der Waals surface area contributed by atoms with E-state index in [1.807, 2.05) is 30.5 Å². The van der Waals surface area contributed by atoms with E-state index >= 15 is 0 Å². The molecule has 2 N–H and O–H groups in total. The fraction of sp³-hybridized carbons (Fsp3) is 0.261. The number of nitrogen functional groups attached to an aromatic ring is 1. The Morgan fingerprint density at radius 1 is 1.03 bits per heavy atom. The second kappa shape index (κ2) is 6.97. The van der Waals surface area contributed by atoms with Gasteiger partial charge in [-0.25, -0.2) is 15.0 Å². The zero-order valence-corrected chi connectivity index (χ0v) is 16.8. The second-order valence-corrected chi connectivity index (χ2v) is 7.83. The fourth-order valence-electron chi connectivity index (χ4n) is 4.00. The molecule has 4 aromatic rings. The zero-order chi connectivity index (χ0) is 20.0. The van der Waals surface area contributed by atoms with E-state index in [1.165, 1.54) is 16.8 Å². The molecule has 3 aromatic heterocycles. The number of aryl methyl sites for hydroxylation is 2. The number of hydrogen-bond donors (Lipinski definition) is 1. The summed E-state index contributed by atoms with van der Waals surface area (Å²) in [4.78, 5) is 16.6. The molecular weight excluding hydrogens is 360 g/mol. The van der Waals surface area contributed by atoms with Crippen molar-refractivity contribution >= 4 is 11.3 Å². The van der Waals surface area contributed by atoms with Gasteiger partial charge in [0.25, 0.3) is 0 Å². The SMILES string of the molecule is Cc1ccc2nc(C)c(CN3CCc4nc(-c5ccc(N)cc5)ncc4C3)n2c1. The number of imidazole rings is 1. The van der Waals surface area contributed by atoms with Crippen molar-refractivity contribution in [3.63, 3.8) is 0 Å². The Kier molecular flexibility index (Phi) is 4.28. The summed E-state index contributed by atoms with van der Waals surface area (Å²) in [6, 6.07) is 11.9. The van der Waals surface area contributed by atoms with Crippen molar-refractivity contribution in [3.05, 3.63) is 77.0 Å². The molecule has 4 heterocycles. The molecule has 146 valence electrons. The average Bonchev–Trinajstić information content (AvgIpc) is 3.03. The molecule has 29 heavy (non-hydrogen) atoms. The summed E-state index contributed by atoms with van der Waals surface area (Å²) >= 11 is 0. The molecule has 0 aliphatic carbocycles. The summed E-state index contributed by atoms with van der Waals surface area (Å²) in [5.74, 6) is 0.769. The number of rotatable bonds is 3. The first-order valence-electron chi connectivity index (χ1n) is 9.94. The van der Waals surface area contributed by atoms with Gasteiger partial charge in [-0.3, -0.25) is 4.90 Å². The van der Waals surface area contributed by atoms with Gasteiger partial charge in [-0.1, -0.05) is 6.07 Å². The van der Waals surface area contributed by atoms with Gasteiger partial charge < -0.3 is 10.1 Å². The molecule has 0 saturated carbocycles. The molecule has 0 spiro atoms. The van der Waals surface area contributed by atoms with E-state index in [4.69, 9.17) is 15.7 Å². The third-order valence-electron chi connectivity index (χ3n) is 5.62. The van der Waals surface area contributed by atoms with Crippen LogP contribution in [0, 0.1) is 13.8 Å². The topological polar surface area (TPSA) is 72.3 Å². The number of fused-ring (bicyclic) bond motifs is 2. The predicted octanol–water partition coefficient (Wildman–Crippen LogP) is 3.55. The van der Waals surface area contributed by atoms with E-state index in [2.05, 4.69) is 46.5 Å². The minimum absolute atomic E-state index is 0.750. The minimum atomic E-state index is 0.750. The maximum absolute atomic E-state index is 5.79. The van der Waals surface area contributed by atoms with Crippen LogP contribution >= 0.6 is 0 Å². The van der Waals surface area contributed by atoms with Crippen LogP contribution in [0.4, 0.5) is 5.69 Å². The number of pyridine rings is 1. The number of benzene rings is 1. The Morgan fingerprint density at radius 2 is 1.86 bits per heavy atom. The fourth-order valence-corrected chi connectivity index (χ4v) is 4.00. The van der Waals surface area contributed by atoms with Crippen LogP contribution in [0.5, 0.6) is 0 Å². The first-order valence-corrected chi connectivity index (χ1v) is 9.94. The van der Waals surface area contributed by atoms with Crippen LogP contribution in [-0.2, 0) is 19.5 Å². The predicted molar refractivity (Wildman–Crippen MR) is 114 cm³/mol. The van der Waals surface area contributed by atoms with Crippen molar-refractivity contribution in [2.24, 2.45) is 0 Å². The molecule has 6 nitrogen and oxygen atoms in total. The van der Waals surface area contributed by atoms with E-state index in [-0.39, 0.29) is 0 Å². The van der Waals surface area contributed by atoms with Gasteiger partial charge in [0.05, 0.1) is 17.1 Å². The van der Waals surface area contributed by atoms with Crippen LogP contribution in [0.2, 0.25) is 0 Å². The molecule has 0 radical (unpaired) electrons. The van der Waals surface area contributed by atoms with Gasteiger partial charge in [0, 0.05) is 55.3 Å². The number of nitrogens with two attached hydrogens (primary N) is 1. The van der Waals surface area contributed by atoms with E-state index in [0.717, 1.165) is 60.2 Å². The molecule has 1 aliphatic heterocycles.